The average Bonchev–Trinajstić information content (AvgIpc) is 3.53. The Bertz CT molecular complexity index is 1530. The van der Waals surface area contributed by atoms with Crippen LogP contribution in [0, 0.1) is 41.9 Å². The number of nitrogens with zero attached hydrogens (tertiary/aromatic N) is 1. The molecule has 43 heavy (non-hydrogen) atoms. The molecular formula is C36H45NO5S. The number of hydrogen-bond donors (Lipinski definition) is 0. The fourth-order valence-corrected chi connectivity index (χ4v) is 11.5. The molecule has 1 aliphatic heterocycles. The molecule has 1 spiro atoms. The fraction of sp³-hybridized carbons (Fsp3) is 0.611. The molecule has 1 saturated heterocycles. The van der Waals surface area contributed by atoms with Crippen LogP contribution >= 0.6 is 0 Å². The van der Waals surface area contributed by atoms with Gasteiger partial charge in [0.05, 0.1) is 10.6 Å². The van der Waals surface area contributed by atoms with E-state index >= 15 is 0 Å². The molecule has 6 aliphatic rings. The third kappa shape index (κ3) is 4.59. The zero-order valence-corrected chi connectivity index (χ0v) is 26.6. The lowest BCUT2D eigenvalue weighted by molar-refractivity contribution is -0.123. The minimum Gasteiger partial charge on any atom is -0.435 e. The predicted octanol–water partition coefficient (Wildman–Crippen LogP) is 8.04. The van der Waals surface area contributed by atoms with Crippen LogP contribution in [0.15, 0.2) is 64.2 Å². The Morgan fingerprint density at radius 1 is 0.977 bits per heavy atom. The minimum absolute atomic E-state index is 0.0857. The summed E-state index contributed by atoms with van der Waals surface area (Å²) in [5, 5.41) is 0. The summed E-state index contributed by atoms with van der Waals surface area (Å²) in [6.07, 6.45) is 17.6. The van der Waals surface area contributed by atoms with Gasteiger partial charge in [-0.05, 0) is 143 Å². The number of aryl methyl sites for hydroxylation is 1. The first-order chi connectivity index (χ1) is 20.5. The lowest BCUT2D eigenvalue weighted by Crippen LogP contribution is -2.46. The van der Waals surface area contributed by atoms with E-state index in [4.69, 9.17) is 4.74 Å². The van der Waals surface area contributed by atoms with Gasteiger partial charge in [-0.2, -0.15) is 4.31 Å². The van der Waals surface area contributed by atoms with Crippen molar-refractivity contribution in [3.8, 4) is 0 Å². The maximum Gasteiger partial charge on any atom is 0.429 e. The summed E-state index contributed by atoms with van der Waals surface area (Å²) in [7, 11) is -4.13. The molecule has 230 valence electrons. The van der Waals surface area contributed by atoms with E-state index < -0.39 is 21.7 Å². The lowest BCUT2D eigenvalue weighted by Gasteiger charge is -2.54. The number of sulfonamides is 1. The summed E-state index contributed by atoms with van der Waals surface area (Å²) >= 11 is 0. The number of allylic oxidation sites excluding steroid dienone is 5. The Labute approximate surface area is 256 Å². The van der Waals surface area contributed by atoms with Gasteiger partial charge in [0.15, 0.2) is 5.60 Å². The highest BCUT2D eigenvalue weighted by Gasteiger charge is 2.56. The quantitative estimate of drug-likeness (QED) is 0.348. The minimum atomic E-state index is -4.13. The summed E-state index contributed by atoms with van der Waals surface area (Å²) in [6.45, 7) is 6.14. The molecule has 0 aromatic heterocycles. The van der Waals surface area contributed by atoms with Crippen LogP contribution in [-0.2, 0) is 19.6 Å². The molecular weight excluding hydrogens is 558 g/mol. The van der Waals surface area contributed by atoms with Gasteiger partial charge in [-0.15, -0.1) is 0 Å². The van der Waals surface area contributed by atoms with Crippen molar-refractivity contribution in [2.24, 2.45) is 35.0 Å². The van der Waals surface area contributed by atoms with Crippen LogP contribution < -0.4 is 0 Å². The van der Waals surface area contributed by atoms with Crippen LogP contribution in [0.5, 0.6) is 0 Å². The lowest BCUT2D eigenvalue weighted by atomic mass is 9.51. The molecule has 3 saturated carbocycles. The largest absolute Gasteiger partial charge is 0.435 e. The Kier molecular flexibility index (Phi) is 7.07. The number of hydrogen-bond acceptors (Lipinski definition) is 5. The Balaban J connectivity index is 1.24. The van der Waals surface area contributed by atoms with E-state index in [1.165, 1.54) is 18.4 Å². The normalized spacial score (nSPS) is 36.0. The first kappa shape index (κ1) is 29.1. The van der Waals surface area contributed by atoms with Crippen molar-refractivity contribution >= 4 is 21.9 Å². The molecule has 7 rings (SSSR count). The van der Waals surface area contributed by atoms with Gasteiger partial charge < -0.3 is 4.74 Å². The fourth-order valence-electron chi connectivity index (χ4n) is 10.1. The van der Waals surface area contributed by atoms with Gasteiger partial charge in [-0.1, -0.05) is 43.2 Å². The Morgan fingerprint density at radius 3 is 2.42 bits per heavy atom. The topological polar surface area (TPSA) is 80.8 Å². The zero-order valence-electron chi connectivity index (χ0n) is 25.8. The number of fused-ring (bicyclic) bond motifs is 5. The number of ether oxygens (including phenoxy) is 1. The van der Waals surface area contributed by atoms with Crippen molar-refractivity contribution in [1.82, 2.24) is 4.31 Å². The highest BCUT2D eigenvalue weighted by molar-refractivity contribution is 7.89. The molecule has 1 aromatic carbocycles. The molecule has 6 atom stereocenters. The summed E-state index contributed by atoms with van der Waals surface area (Å²) in [5.74, 6) is 3.12. The summed E-state index contributed by atoms with van der Waals surface area (Å²) in [4.78, 5) is 25.9. The van der Waals surface area contributed by atoms with Crippen LogP contribution in [0.1, 0.15) is 96.5 Å². The third-order valence-electron chi connectivity index (χ3n) is 12.3. The highest BCUT2D eigenvalue weighted by Crippen LogP contribution is 2.62. The van der Waals surface area contributed by atoms with Gasteiger partial charge in [0.1, 0.15) is 5.78 Å². The molecule has 0 N–H and O–H groups in total. The number of amides is 1. The second-order valence-corrected chi connectivity index (χ2v) is 16.3. The van der Waals surface area contributed by atoms with E-state index in [1.807, 2.05) is 13.0 Å². The average molecular weight is 604 g/mol. The van der Waals surface area contributed by atoms with Crippen LogP contribution in [0.4, 0.5) is 4.79 Å². The van der Waals surface area contributed by atoms with Crippen molar-refractivity contribution < 1.29 is 22.7 Å². The Hall–Kier alpha value is -2.67. The first-order valence-corrected chi connectivity index (χ1v) is 18.0. The van der Waals surface area contributed by atoms with Gasteiger partial charge in [0.2, 0.25) is 0 Å². The highest BCUT2D eigenvalue weighted by atomic mass is 32.2. The van der Waals surface area contributed by atoms with Gasteiger partial charge >= 0.3 is 6.09 Å². The number of Topliss-reactive ketones (excluding diaryl/α,β-unsaturated/α-hetero) is 1. The second-order valence-electron chi connectivity index (χ2n) is 14.5. The molecule has 0 bridgehead atoms. The van der Waals surface area contributed by atoms with Crippen LogP contribution in [0.25, 0.3) is 0 Å². The van der Waals surface area contributed by atoms with Crippen LogP contribution in [0.3, 0.4) is 0 Å². The molecule has 1 amide bonds. The molecule has 7 heteroatoms. The second kappa shape index (κ2) is 10.5. The zero-order chi connectivity index (χ0) is 30.1. The number of carbonyl (C=O) groups excluding carboxylic acids is 2. The van der Waals surface area contributed by atoms with Crippen molar-refractivity contribution in [3.63, 3.8) is 0 Å². The first-order valence-electron chi connectivity index (χ1n) is 16.5. The monoisotopic (exact) mass is 603 g/mol. The SMILES string of the molecule is CC(=O)[C@H]1CC[C@@H]2[C@@H]1CC[C@H]1[C@H]2CC=C2C=C(/C=C3/N(S(=O)(=O)c4ccc(C)cc4)C(=O)OC34CCCCC4)CC[C@@]21C. The van der Waals surface area contributed by atoms with Crippen molar-refractivity contribution in [2.45, 2.75) is 108 Å². The molecule has 1 heterocycles. The number of carbonyl (C=O) groups is 2. The molecule has 0 unspecified atom stereocenters. The van der Waals surface area contributed by atoms with Crippen LogP contribution in [-0.4, -0.2) is 30.2 Å². The van der Waals surface area contributed by atoms with E-state index in [0.717, 1.165) is 66.8 Å². The summed E-state index contributed by atoms with van der Waals surface area (Å²) < 4.78 is 34.9. The number of ketones is 1. The van der Waals surface area contributed by atoms with E-state index in [2.05, 4.69) is 19.1 Å². The molecule has 6 nitrogen and oxygen atoms in total. The van der Waals surface area contributed by atoms with Gasteiger partial charge in [-0.25, -0.2) is 13.2 Å². The van der Waals surface area contributed by atoms with E-state index in [9.17, 15) is 18.0 Å². The van der Waals surface area contributed by atoms with Crippen molar-refractivity contribution in [2.75, 3.05) is 0 Å². The number of rotatable bonds is 4. The van der Waals surface area contributed by atoms with Crippen molar-refractivity contribution in [1.29, 1.82) is 0 Å². The van der Waals surface area contributed by atoms with Gasteiger partial charge in [0, 0.05) is 5.92 Å². The van der Waals surface area contributed by atoms with E-state index in [0.29, 0.717) is 48.0 Å². The molecule has 4 fully saturated rings. The standard InChI is InChI=1S/C36H45NO5S/c1-23-7-10-27(11-8-23)43(40,41)37-33(36(42-34(37)39)18-5-4-6-19-36)22-25-17-20-35(3)26(21-25)9-12-31-30-14-13-28(24(2)38)29(30)15-16-32(31)35/h7-11,21-22,28-32H,4-6,12-20H2,1-3H3/b33-22+/t28-,29-,30-,31+,32+,35+/m1/s1. The maximum absolute atomic E-state index is 14.0. The molecule has 1 aromatic rings. The molecule has 0 radical (unpaired) electrons. The third-order valence-corrected chi connectivity index (χ3v) is 14.0. The van der Waals surface area contributed by atoms with Gasteiger partial charge in [-0.3, -0.25) is 4.79 Å². The Morgan fingerprint density at radius 2 is 1.70 bits per heavy atom. The molecule has 5 aliphatic carbocycles. The van der Waals surface area contributed by atoms with Gasteiger partial charge in [0.25, 0.3) is 10.0 Å². The van der Waals surface area contributed by atoms with Crippen LogP contribution in [0.2, 0.25) is 0 Å². The maximum atomic E-state index is 14.0. The van der Waals surface area contributed by atoms with Crippen molar-refractivity contribution in [3.05, 3.63) is 64.9 Å². The summed E-state index contributed by atoms with van der Waals surface area (Å²) in [6, 6.07) is 6.68. The van der Waals surface area contributed by atoms with E-state index in [1.54, 1.807) is 31.2 Å². The number of benzene rings is 1. The smallest absolute Gasteiger partial charge is 0.429 e. The summed E-state index contributed by atoms with van der Waals surface area (Å²) in [5.41, 5.74) is 3.08. The van der Waals surface area contributed by atoms with E-state index in [-0.39, 0.29) is 16.2 Å². The predicted molar refractivity (Wildman–Crippen MR) is 165 cm³/mol.